The fraction of sp³-hybridized carbons (Fsp3) is 0.0769. The van der Waals surface area contributed by atoms with Crippen molar-refractivity contribution in [2.45, 2.75) is 6.92 Å². The molecule has 1 amide bonds. The number of carboxylic acid groups (broad SMARTS) is 1. The molecule has 1 heterocycles. The average Bonchev–Trinajstić information content (AvgIpc) is 2.77. The summed E-state index contributed by atoms with van der Waals surface area (Å²) in [4.78, 5) is 23.5. The second kappa shape index (κ2) is 5.19. The number of amides is 1. The Hall–Kier alpha value is -2.21. The lowest BCUT2D eigenvalue weighted by atomic mass is 10.1. The monoisotopic (exact) mass is 279 g/mol. The van der Waals surface area contributed by atoms with Crippen molar-refractivity contribution in [3.05, 3.63) is 51.5 Å². The molecule has 0 aliphatic carbocycles. The van der Waals surface area contributed by atoms with E-state index in [1.807, 2.05) is 0 Å². The third-order valence-electron chi connectivity index (χ3n) is 2.53. The second-order valence-electron chi connectivity index (χ2n) is 3.88. The summed E-state index contributed by atoms with van der Waals surface area (Å²) in [5.41, 5.74) is 0.607. The van der Waals surface area contributed by atoms with E-state index >= 15 is 0 Å². The molecule has 0 unspecified atom stereocenters. The molecule has 2 N–H and O–H groups in total. The summed E-state index contributed by atoms with van der Waals surface area (Å²) in [7, 11) is 0. The van der Waals surface area contributed by atoms with Gasteiger partial charge in [0, 0.05) is 0 Å². The molecule has 1 aromatic heterocycles. The number of hydrogen-bond donors (Lipinski definition) is 2. The number of aryl methyl sites for hydroxylation is 1. The zero-order valence-electron chi connectivity index (χ0n) is 9.94. The summed E-state index contributed by atoms with van der Waals surface area (Å²) in [5.74, 6) is -2.36. The van der Waals surface area contributed by atoms with Crippen LogP contribution in [-0.4, -0.2) is 17.0 Å². The molecule has 2 rings (SSSR count). The largest absolute Gasteiger partial charge is 0.478 e. The molecular formula is C13H10FNO3S. The number of hydrogen-bond acceptors (Lipinski definition) is 3. The molecule has 4 nitrogen and oxygen atoms in total. The van der Waals surface area contributed by atoms with Crippen LogP contribution >= 0.6 is 11.3 Å². The predicted octanol–water partition coefficient (Wildman–Crippen LogP) is 3.15. The second-order valence-corrected chi connectivity index (χ2v) is 4.80. The normalized spacial score (nSPS) is 10.2. The first-order valence-electron chi connectivity index (χ1n) is 5.37. The van der Waals surface area contributed by atoms with Crippen molar-refractivity contribution in [2.75, 3.05) is 5.32 Å². The van der Waals surface area contributed by atoms with Crippen LogP contribution < -0.4 is 5.32 Å². The third-order valence-corrected chi connectivity index (χ3v) is 3.54. The number of benzene rings is 1. The Kier molecular flexibility index (Phi) is 3.62. The smallest absolute Gasteiger partial charge is 0.337 e. The molecule has 0 radical (unpaired) electrons. The van der Waals surface area contributed by atoms with Crippen LogP contribution in [0.1, 0.15) is 25.6 Å². The molecule has 6 heteroatoms. The van der Waals surface area contributed by atoms with Gasteiger partial charge in [-0.05, 0) is 42.1 Å². The van der Waals surface area contributed by atoms with Crippen LogP contribution in [0.5, 0.6) is 0 Å². The first-order valence-corrected chi connectivity index (χ1v) is 6.25. The summed E-state index contributed by atoms with van der Waals surface area (Å²) in [6.45, 7) is 1.79. The molecule has 0 spiro atoms. The highest BCUT2D eigenvalue weighted by molar-refractivity contribution is 7.12. The van der Waals surface area contributed by atoms with Gasteiger partial charge in [-0.2, -0.15) is 0 Å². The third kappa shape index (κ3) is 2.79. The molecule has 0 bridgehead atoms. The van der Waals surface area contributed by atoms with Crippen LogP contribution in [0.25, 0.3) is 0 Å². The van der Waals surface area contributed by atoms with Gasteiger partial charge in [-0.1, -0.05) is 0 Å². The fourth-order valence-corrected chi connectivity index (χ4v) is 2.41. The Bertz CT molecular complexity index is 651. The number of carbonyl (C=O) groups excluding carboxylic acids is 1. The van der Waals surface area contributed by atoms with E-state index in [1.165, 1.54) is 17.4 Å². The minimum Gasteiger partial charge on any atom is -0.478 e. The van der Waals surface area contributed by atoms with Gasteiger partial charge in [0.1, 0.15) is 5.82 Å². The van der Waals surface area contributed by atoms with Gasteiger partial charge >= 0.3 is 5.97 Å². The van der Waals surface area contributed by atoms with E-state index in [-0.39, 0.29) is 11.3 Å². The molecule has 98 valence electrons. The summed E-state index contributed by atoms with van der Waals surface area (Å²) >= 11 is 1.26. The molecule has 19 heavy (non-hydrogen) atoms. The first kappa shape index (κ1) is 13.2. The summed E-state index contributed by atoms with van der Waals surface area (Å²) in [6.07, 6.45) is 0. The highest BCUT2D eigenvalue weighted by Crippen LogP contribution is 2.21. The lowest BCUT2D eigenvalue weighted by molar-refractivity contribution is 0.0697. The highest BCUT2D eigenvalue weighted by Gasteiger charge is 2.16. The van der Waals surface area contributed by atoms with Crippen molar-refractivity contribution in [3.8, 4) is 0 Å². The van der Waals surface area contributed by atoms with Crippen LogP contribution in [0.4, 0.5) is 10.1 Å². The minimum absolute atomic E-state index is 0.0756. The number of carboxylic acids is 1. The van der Waals surface area contributed by atoms with E-state index in [0.717, 1.165) is 17.7 Å². The van der Waals surface area contributed by atoms with Crippen LogP contribution in [0.15, 0.2) is 29.6 Å². The lowest BCUT2D eigenvalue weighted by Gasteiger charge is -2.08. The Morgan fingerprint density at radius 2 is 2.05 bits per heavy atom. The molecular weight excluding hydrogens is 269 g/mol. The quantitative estimate of drug-likeness (QED) is 0.907. The fourth-order valence-electron chi connectivity index (χ4n) is 1.59. The van der Waals surface area contributed by atoms with Crippen molar-refractivity contribution in [1.29, 1.82) is 0 Å². The van der Waals surface area contributed by atoms with E-state index in [9.17, 15) is 14.0 Å². The number of thiophene rings is 1. The minimum atomic E-state index is -1.29. The summed E-state index contributed by atoms with van der Waals surface area (Å²) in [5, 5.41) is 13.2. The molecule has 0 aliphatic heterocycles. The predicted molar refractivity (Wildman–Crippen MR) is 70.4 cm³/mol. The van der Waals surface area contributed by atoms with E-state index in [2.05, 4.69) is 5.32 Å². The van der Waals surface area contributed by atoms with E-state index < -0.39 is 17.7 Å². The number of anilines is 1. The van der Waals surface area contributed by atoms with Crippen molar-refractivity contribution in [3.63, 3.8) is 0 Å². The number of rotatable bonds is 3. The molecule has 2 aromatic rings. The zero-order chi connectivity index (χ0) is 14.0. The maximum absolute atomic E-state index is 13.0. The molecule has 0 aliphatic rings. The topological polar surface area (TPSA) is 66.4 Å². The van der Waals surface area contributed by atoms with Crippen LogP contribution in [0, 0.1) is 12.7 Å². The Morgan fingerprint density at radius 1 is 1.32 bits per heavy atom. The van der Waals surface area contributed by atoms with Crippen LogP contribution in [-0.2, 0) is 0 Å². The van der Waals surface area contributed by atoms with E-state index in [0.29, 0.717) is 4.88 Å². The standard InChI is InChI=1S/C13H10FNO3S/c1-7-4-5-19-11(7)12(16)15-10-3-2-8(14)6-9(10)13(17)18/h2-6H,1H3,(H,15,16)(H,17,18). The maximum Gasteiger partial charge on any atom is 0.337 e. The lowest BCUT2D eigenvalue weighted by Crippen LogP contribution is -2.14. The van der Waals surface area contributed by atoms with Gasteiger partial charge in [0.25, 0.3) is 5.91 Å². The Morgan fingerprint density at radius 3 is 2.63 bits per heavy atom. The van der Waals surface area contributed by atoms with Gasteiger partial charge in [0.2, 0.25) is 0 Å². The number of aromatic carboxylic acids is 1. The molecule has 1 aromatic carbocycles. The van der Waals surface area contributed by atoms with Gasteiger partial charge in [-0.3, -0.25) is 4.79 Å². The molecule has 0 saturated heterocycles. The zero-order valence-corrected chi connectivity index (χ0v) is 10.8. The van der Waals surface area contributed by atoms with Gasteiger partial charge in [-0.25, -0.2) is 9.18 Å². The van der Waals surface area contributed by atoms with Crippen LogP contribution in [0.3, 0.4) is 0 Å². The van der Waals surface area contributed by atoms with Gasteiger partial charge < -0.3 is 10.4 Å². The average molecular weight is 279 g/mol. The summed E-state index contributed by atoms with van der Waals surface area (Å²) in [6, 6.07) is 5.00. The number of carbonyl (C=O) groups is 2. The first-order chi connectivity index (χ1) is 8.99. The van der Waals surface area contributed by atoms with E-state index in [4.69, 9.17) is 5.11 Å². The SMILES string of the molecule is Cc1ccsc1C(=O)Nc1ccc(F)cc1C(=O)O. The van der Waals surface area contributed by atoms with Crippen molar-refractivity contribution in [2.24, 2.45) is 0 Å². The summed E-state index contributed by atoms with van der Waals surface area (Å²) < 4.78 is 13.0. The van der Waals surface area contributed by atoms with Crippen molar-refractivity contribution in [1.82, 2.24) is 0 Å². The molecule has 0 atom stereocenters. The molecule has 0 saturated carbocycles. The number of halogens is 1. The van der Waals surface area contributed by atoms with Gasteiger partial charge in [0.15, 0.2) is 0 Å². The molecule has 0 fully saturated rings. The number of nitrogens with one attached hydrogen (secondary N) is 1. The van der Waals surface area contributed by atoms with Gasteiger partial charge in [0.05, 0.1) is 16.1 Å². The Balaban J connectivity index is 2.32. The van der Waals surface area contributed by atoms with E-state index in [1.54, 1.807) is 18.4 Å². The van der Waals surface area contributed by atoms with Gasteiger partial charge in [-0.15, -0.1) is 11.3 Å². The highest BCUT2D eigenvalue weighted by atomic mass is 32.1. The Labute approximate surface area is 112 Å². The van der Waals surface area contributed by atoms with Crippen molar-refractivity contribution >= 4 is 28.9 Å². The van der Waals surface area contributed by atoms with Crippen LogP contribution in [0.2, 0.25) is 0 Å². The maximum atomic E-state index is 13.0. The van der Waals surface area contributed by atoms with Crippen molar-refractivity contribution < 1.29 is 19.1 Å².